The quantitative estimate of drug-likeness (QED) is 0.491. The molecule has 0 aliphatic heterocycles. The summed E-state index contributed by atoms with van der Waals surface area (Å²) in [6.45, 7) is 2.00. The topological polar surface area (TPSA) is 56.0 Å². The third kappa shape index (κ3) is 3.58. The normalized spacial score (nSPS) is 10.8. The lowest BCUT2D eigenvalue weighted by atomic mass is 10.1. The lowest BCUT2D eigenvalue weighted by molar-refractivity contribution is 0.102. The van der Waals surface area contributed by atoms with E-state index in [9.17, 15) is 4.79 Å². The highest BCUT2D eigenvalue weighted by atomic mass is 35.5. The van der Waals surface area contributed by atoms with Gasteiger partial charge in [0, 0.05) is 5.56 Å². The van der Waals surface area contributed by atoms with E-state index in [0.29, 0.717) is 20.3 Å². The van der Waals surface area contributed by atoms with Crippen LogP contribution in [0.2, 0.25) is 4.34 Å². The molecule has 0 amide bonds. The Hall–Kier alpha value is -1.63. The highest BCUT2D eigenvalue weighted by Gasteiger charge is 2.13. The molecule has 0 saturated carbocycles. The fourth-order valence-electron chi connectivity index (χ4n) is 1.83. The summed E-state index contributed by atoms with van der Waals surface area (Å²) in [5.41, 5.74) is 1.99. The zero-order valence-electron chi connectivity index (χ0n) is 11.6. The van der Waals surface area contributed by atoms with Gasteiger partial charge in [0.15, 0.2) is 5.78 Å². The maximum Gasteiger partial charge on any atom is 0.277 e. The van der Waals surface area contributed by atoms with Gasteiger partial charge in [0.2, 0.25) is 5.89 Å². The minimum Gasteiger partial charge on any atom is -0.411 e. The summed E-state index contributed by atoms with van der Waals surface area (Å²) in [6.07, 6.45) is 0. The molecule has 2 aromatic heterocycles. The number of hydrogen-bond donors (Lipinski definition) is 0. The second-order valence-electron chi connectivity index (χ2n) is 4.56. The van der Waals surface area contributed by atoms with Crippen molar-refractivity contribution in [2.75, 3.05) is 5.75 Å². The summed E-state index contributed by atoms with van der Waals surface area (Å²) in [5, 5.41) is 8.36. The van der Waals surface area contributed by atoms with Crippen LogP contribution in [0.15, 0.2) is 46.0 Å². The monoisotopic (exact) mass is 350 g/mol. The van der Waals surface area contributed by atoms with Gasteiger partial charge in [0.1, 0.15) is 0 Å². The number of halogens is 1. The van der Waals surface area contributed by atoms with Gasteiger partial charge in [-0.05, 0) is 31.2 Å². The molecule has 0 bridgehead atoms. The molecule has 7 heteroatoms. The highest BCUT2D eigenvalue weighted by Crippen LogP contribution is 2.26. The Morgan fingerprint density at radius 3 is 2.91 bits per heavy atom. The van der Waals surface area contributed by atoms with Crippen molar-refractivity contribution in [2.24, 2.45) is 0 Å². The second-order valence-corrected chi connectivity index (χ2v) is 7.20. The van der Waals surface area contributed by atoms with Crippen molar-refractivity contribution in [3.8, 4) is 11.5 Å². The first kappa shape index (κ1) is 15.3. The summed E-state index contributed by atoms with van der Waals surface area (Å²) < 4.78 is 6.19. The summed E-state index contributed by atoms with van der Waals surface area (Å²) >= 11 is 8.32. The minimum absolute atomic E-state index is 0.00259. The van der Waals surface area contributed by atoms with Gasteiger partial charge in [-0.25, -0.2) is 0 Å². The number of benzene rings is 1. The molecule has 0 atom stereocenters. The van der Waals surface area contributed by atoms with Crippen LogP contribution >= 0.6 is 34.7 Å². The lowest BCUT2D eigenvalue weighted by Gasteiger charge is -1.96. The van der Waals surface area contributed by atoms with Crippen LogP contribution < -0.4 is 0 Å². The number of aryl methyl sites for hydroxylation is 1. The van der Waals surface area contributed by atoms with Crippen LogP contribution in [0.1, 0.15) is 15.2 Å². The van der Waals surface area contributed by atoms with Crippen molar-refractivity contribution in [3.05, 3.63) is 51.2 Å². The number of rotatable bonds is 5. The molecule has 0 aliphatic rings. The predicted octanol–water partition coefficient (Wildman–Crippen LogP) is 4.73. The third-order valence-electron chi connectivity index (χ3n) is 2.85. The van der Waals surface area contributed by atoms with Gasteiger partial charge in [-0.3, -0.25) is 4.79 Å². The smallest absolute Gasteiger partial charge is 0.277 e. The molecule has 4 nitrogen and oxygen atoms in total. The first-order valence-electron chi connectivity index (χ1n) is 6.44. The van der Waals surface area contributed by atoms with E-state index in [-0.39, 0.29) is 11.5 Å². The molecule has 0 spiro atoms. The number of aromatic nitrogens is 2. The molecule has 22 heavy (non-hydrogen) atoms. The van der Waals surface area contributed by atoms with Crippen LogP contribution in [0.5, 0.6) is 0 Å². The Balaban J connectivity index is 1.66. The van der Waals surface area contributed by atoms with E-state index in [1.54, 1.807) is 12.1 Å². The van der Waals surface area contributed by atoms with E-state index in [2.05, 4.69) is 10.2 Å². The predicted molar refractivity (Wildman–Crippen MR) is 88.9 cm³/mol. The van der Waals surface area contributed by atoms with Crippen molar-refractivity contribution in [3.63, 3.8) is 0 Å². The molecule has 112 valence electrons. The molecule has 3 aromatic rings. The Labute approximate surface area is 140 Å². The molecular weight excluding hydrogens is 340 g/mol. The summed E-state index contributed by atoms with van der Waals surface area (Å²) in [4.78, 5) is 12.6. The van der Waals surface area contributed by atoms with Crippen LogP contribution in [0.3, 0.4) is 0 Å². The molecule has 0 fully saturated rings. The minimum atomic E-state index is -0.00259. The average Bonchev–Trinajstić information content (AvgIpc) is 3.14. The summed E-state index contributed by atoms with van der Waals surface area (Å²) in [6, 6.07) is 11.3. The van der Waals surface area contributed by atoms with Crippen LogP contribution in [0.25, 0.3) is 11.5 Å². The first-order chi connectivity index (χ1) is 10.6. The Kier molecular flexibility index (Phi) is 4.61. The molecule has 2 heterocycles. The Morgan fingerprint density at radius 2 is 2.18 bits per heavy atom. The van der Waals surface area contributed by atoms with Crippen LogP contribution in [-0.4, -0.2) is 21.7 Å². The number of thiophene rings is 1. The third-order valence-corrected chi connectivity index (χ3v) is 4.94. The van der Waals surface area contributed by atoms with Crippen molar-refractivity contribution < 1.29 is 9.21 Å². The number of ketones is 1. The van der Waals surface area contributed by atoms with E-state index in [1.165, 1.54) is 23.1 Å². The second kappa shape index (κ2) is 6.64. The van der Waals surface area contributed by atoms with Crippen molar-refractivity contribution in [1.82, 2.24) is 10.2 Å². The maximum atomic E-state index is 12.0. The first-order valence-corrected chi connectivity index (χ1v) is 8.62. The van der Waals surface area contributed by atoms with Gasteiger partial charge < -0.3 is 4.42 Å². The SMILES string of the molecule is Cc1cccc(-c2nnc(SCC(=O)c3ccc(Cl)s3)o2)c1. The number of carbonyl (C=O) groups is 1. The van der Waals surface area contributed by atoms with Crippen molar-refractivity contribution in [2.45, 2.75) is 12.1 Å². The molecule has 0 unspecified atom stereocenters. The Morgan fingerprint density at radius 1 is 1.32 bits per heavy atom. The van der Waals surface area contributed by atoms with Gasteiger partial charge in [-0.15, -0.1) is 21.5 Å². The van der Waals surface area contributed by atoms with Crippen LogP contribution in [0.4, 0.5) is 0 Å². The van der Waals surface area contributed by atoms with Gasteiger partial charge in [-0.1, -0.05) is 41.1 Å². The standard InChI is InChI=1S/C15H11ClN2O2S2/c1-9-3-2-4-10(7-9)14-17-18-15(20-14)21-8-11(19)12-5-6-13(16)22-12/h2-7H,8H2,1H3. The number of carbonyl (C=O) groups excluding carboxylic acids is 1. The lowest BCUT2D eigenvalue weighted by Crippen LogP contribution is -1.98. The molecule has 0 aliphatic carbocycles. The molecule has 0 saturated heterocycles. The summed E-state index contributed by atoms with van der Waals surface area (Å²) in [7, 11) is 0. The van der Waals surface area contributed by atoms with Crippen molar-refractivity contribution >= 4 is 40.5 Å². The molecule has 0 N–H and O–H groups in total. The van der Waals surface area contributed by atoms with E-state index in [4.69, 9.17) is 16.0 Å². The molecule has 1 aromatic carbocycles. The number of hydrogen-bond acceptors (Lipinski definition) is 6. The zero-order valence-corrected chi connectivity index (χ0v) is 14.0. The van der Waals surface area contributed by atoms with E-state index < -0.39 is 0 Å². The number of nitrogens with zero attached hydrogens (tertiary/aromatic N) is 2. The van der Waals surface area contributed by atoms with Crippen LogP contribution in [-0.2, 0) is 0 Å². The highest BCUT2D eigenvalue weighted by molar-refractivity contribution is 7.99. The van der Waals surface area contributed by atoms with Gasteiger partial charge in [0.05, 0.1) is 15.0 Å². The van der Waals surface area contributed by atoms with Gasteiger partial charge in [-0.2, -0.15) is 0 Å². The fourth-order valence-corrected chi connectivity index (χ4v) is 3.54. The van der Waals surface area contributed by atoms with E-state index in [0.717, 1.165) is 11.1 Å². The fraction of sp³-hybridized carbons (Fsp3) is 0.133. The molecule has 3 rings (SSSR count). The van der Waals surface area contributed by atoms with Crippen LogP contribution in [0, 0.1) is 6.92 Å². The van der Waals surface area contributed by atoms with E-state index >= 15 is 0 Å². The number of Topliss-reactive ketones (excluding diaryl/α,β-unsaturated/α-hetero) is 1. The van der Waals surface area contributed by atoms with Gasteiger partial charge >= 0.3 is 0 Å². The summed E-state index contributed by atoms with van der Waals surface area (Å²) in [5.74, 6) is 0.696. The number of thioether (sulfide) groups is 1. The van der Waals surface area contributed by atoms with Crippen molar-refractivity contribution in [1.29, 1.82) is 0 Å². The average molecular weight is 351 g/mol. The zero-order chi connectivity index (χ0) is 15.5. The molecular formula is C15H11ClN2O2S2. The largest absolute Gasteiger partial charge is 0.411 e. The molecule has 0 radical (unpaired) electrons. The maximum absolute atomic E-state index is 12.0. The van der Waals surface area contributed by atoms with Gasteiger partial charge in [0.25, 0.3) is 5.22 Å². The Bertz CT molecular complexity index is 813. The van der Waals surface area contributed by atoms with E-state index in [1.807, 2.05) is 31.2 Å².